The molecule has 1 aromatic carbocycles. The Morgan fingerprint density at radius 3 is 2.37 bits per heavy atom. The smallest absolute Gasteiger partial charge is 0.338 e. The van der Waals surface area contributed by atoms with Gasteiger partial charge < -0.3 is 19.5 Å². The van der Waals surface area contributed by atoms with Crippen LogP contribution >= 0.6 is 0 Å². The van der Waals surface area contributed by atoms with Crippen LogP contribution in [0, 0.1) is 0 Å². The fraction of sp³-hybridized carbons (Fsp3) is 0.500. The van der Waals surface area contributed by atoms with Crippen molar-refractivity contribution in [3.05, 3.63) is 29.8 Å². The number of nitrogens with one attached hydrogen (secondary N) is 1. The minimum atomic E-state index is -0.297. The van der Waals surface area contributed by atoms with Crippen LogP contribution in [0.3, 0.4) is 0 Å². The van der Waals surface area contributed by atoms with Crippen LogP contribution in [0.5, 0.6) is 0 Å². The van der Waals surface area contributed by atoms with Gasteiger partial charge >= 0.3 is 5.97 Å². The first-order valence-corrected chi connectivity index (χ1v) is 6.28. The number of esters is 1. The largest absolute Gasteiger partial charge is 0.462 e. The number of methoxy groups -OCH3 is 2. The van der Waals surface area contributed by atoms with Crippen molar-refractivity contribution in [3.8, 4) is 0 Å². The molecule has 19 heavy (non-hydrogen) atoms. The molecule has 0 atom stereocenters. The van der Waals surface area contributed by atoms with Gasteiger partial charge in [-0.25, -0.2) is 4.79 Å². The predicted octanol–water partition coefficient (Wildman–Crippen LogP) is 2.28. The highest BCUT2D eigenvalue weighted by atomic mass is 16.7. The van der Waals surface area contributed by atoms with Crippen molar-refractivity contribution in [1.29, 1.82) is 0 Å². The normalized spacial score (nSPS) is 10.5. The number of hydrogen-bond acceptors (Lipinski definition) is 5. The molecule has 106 valence electrons. The molecule has 1 N–H and O–H groups in total. The SMILES string of the molecule is CCCOC(=O)c1ccc(NCC(OC)OC)cc1. The first-order valence-electron chi connectivity index (χ1n) is 6.28. The lowest BCUT2D eigenvalue weighted by Crippen LogP contribution is -2.23. The van der Waals surface area contributed by atoms with E-state index >= 15 is 0 Å². The van der Waals surface area contributed by atoms with Crippen molar-refractivity contribution < 1.29 is 19.0 Å². The highest BCUT2D eigenvalue weighted by Crippen LogP contribution is 2.11. The zero-order chi connectivity index (χ0) is 14.1. The molecule has 1 aromatic rings. The Bertz CT molecular complexity index is 374. The molecule has 0 aliphatic heterocycles. The molecule has 0 bridgehead atoms. The molecule has 0 radical (unpaired) electrons. The number of benzene rings is 1. The highest BCUT2D eigenvalue weighted by Gasteiger charge is 2.07. The molecule has 5 heteroatoms. The minimum Gasteiger partial charge on any atom is -0.462 e. The van der Waals surface area contributed by atoms with Gasteiger partial charge in [0.1, 0.15) is 0 Å². The number of ether oxygens (including phenoxy) is 3. The molecule has 0 saturated heterocycles. The van der Waals surface area contributed by atoms with Crippen molar-refractivity contribution in [2.24, 2.45) is 0 Å². The number of rotatable bonds is 8. The monoisotopic (exact) mass is 267 g/mol. The highest BCUT2D eigenvalue weighted by molar-refractivity contribution is 5.89. The second-order valence-corrected chi connectivity index (χ2v) is 4.00. The van der Waals surface area contributed by atoms with E-state index in [1.807, 2.05) is 19.1 Å². The van der Waals surface area contributed by atoms with Gasteiger partial charge in [-0.05, 0) is 30.7 Å². The third-order valence-corrected chi connectivity index (χ3v) is 2.56. The Morgan fingerprint density at radius 1 is 1.21 bits per heavy atom. The van der Waals surface area contributed by atoms with Crippen LogP contribution in [-0.4, -0.2) is 39.6 Å². The van der Waals surface area contributed by atoms with Crippen molar-refractivity contribution in [3.63, 3.8) is 0 Å². The zero-order valence-corrected chi connectivity index (χ0v) is 11.6. The molecule has 5 nitrogen and oxygen atoms in total. The summed E-state index contributed by atoms with van der Waals surface area (Å²) in [7, 11) is 3.17. The van der Waals surface area contributed by atoms with Gasteiger partial charge in [-0.3, -0.25) is 0 Å². The average molecular weight is 267 g/mol. The lowest BCUT2D eigenvalue weighted by atomic mass is 10.2. The second-order valence-electron chi connectivity index (χ2n) is 4.00. The Balaban J connectivity index is 2.49. The molecule has 0 fully saturated rings. The Kier molecular flexibility index (Phi) is 6.92. The molecule has 0 unspecified atom stereocenters. The fourth-order valence-electron chi connectivity index (χ4n) is 1.47. The van der Waals surface area contributed by atoms with E-state index in [2.05, 4.69) is 5.32 Å². The maximum atomic E-state index is 11.6. The standard InChI is InChI=1S/C14H21NO4/c1-4-9-19-14(16)11-5-7-12(8-6-11)15-10-13(17-2)18-3/h5-8,13,15H,4,9-10H2,1-3H3. The summed E-state index contributed by atoms with van der Waals surface area (Å²) in [5.74, 6) is -0.292. The second kappa shape index (κ2) is 8.50. The van der Waals surface area contributed by atoms with E-state index < -0.39 is 0 Å². The Hall–Kier alpha value is -1.59. The zero-order valence-electron chi connectivity index (χ0n) is 11.6. The van der Waals surface area contributed by atoms with Crippen molar-refractivity contribution in [2.75, 3.05) is 32.7 Å². The number of carbonyl (C=O) groups excluding carboxylic acids is 1. The van der Waals surface area contributed by atoms with E-state index in [-0.39, 0.29) is 12.3 Å². The van der Waals surface area contributed by atoms with Gasteiger partial charge in [0.15, 0.2) is 6.29 Å². The topological polar surface area (TPSA) is 56.8 Å². The molecular weight excluding hydrogens is 246 g/mol. The van der Waals surface area contributed by atoms with E-state index in [9.17, 15) is 4.79 Å². The van der Waals surface area contributed by atoms with E-state index in [0.29, 0.717) is 18.7 Å². The summed E-state index contributed by atoms with van der Waals surface area (Å²) in [5.41, 5.74) is 1.44. The van der Waals surface area contributed by atoms with Crippen LogP contribution in [0.1, 0.15) is 23.7 Å². The number of anilines is 1. The van der Waals surface area contributed by atoms with Gasteiger partial charge in [0.2, 0.25) is 0 Å². The summed E-state index contributed by atoms with van der Waals surface area (Å²) in [5, 5.41) is 3.15. The van der Waals surface area contributed by atoms with Crippen LogP contribution in [-0.2, 0) is 14.2 Å². The van der Waals surface area contributed by atoms with Crippen LogP contribution in [0.15, 0.2) is 24.3 Å². The first kappa shape index (κ1) is 15.5. The first-order chi connectivity index (χ1) is 9.21. The lowest BCUT2D eigenvalue weighted by molar-refractivity contribution is -0.0914. The van der Waals surface area contributed by atoms with E-state index in [4.69, 9.17) is 14.2 Å². The van der Waals surface area contributed by atoms with Crippen molar-refractivity contribution >= 4 is 11.7 Å². The molecule has 0 aromatic heterocycles. The Labute approximate surface area is 113 Å². The third-order valence-electron chi connectivity index (χ3n) is 2.56. The summed E-state index contributed by atoms with van der Waals surface area (Å²) in [6.07, 6.45) is 0.523. The van der Waals surface area contributed by atoms with E-state index in [0.717, 1.165) is 12.1 Å². The van der Waals surface area contributed by atoms with Gasteiger partial charge in [0.25, 0.3) is 0 Å². The predicted molar refractivity (Wildman–Crippen MR) is 73.3 cm³/mol. The molecule has 0 amide bonds. The summed E-state index contributed by atoms with van der Waals surface area (Å²) in [6, 6.07) is 7.11. The quantitative estimate of drug-likeness (QED) is 0.578. The number of carbonyl (C=O) groups is 1. The maximum absolute atomic E-state index is 11.6. The van der Waals surface area contributed by atoms with Gasteiger partial charge in [-0.2, -0.15) is 0 Å². The fourth-order valence-corrected chi connectivity index (χ4v) is 1.47. The lowest BCUT2D eigenvalue weighted by Gasteiger charge is -2.15. The van der Waals surface area contributed by atoms with E-state index in [1.54, 1.807) is 26.4 Å². The average Bonchev–Trinajstić information content (AvgIpc) is 2.46. The van der Waals surface area contributed by atoms with Gasteiger partial charge in [-0.15, -0.1) is 0 Å². The van der Waals surface area contributed by atoms with Gasteiger partial charge in [0, 0.05) is 19.9 Å². The molecule has 0 spiro atoms. The maximum Gasteiger partial charge on any atom is 0.338 e. The third kappa shape index (κ3) is 5.28. The summed E-state index contributed by atoms with van der Waals surface area (Å²) in [6.45, 7) is 2.94. The Morgan fingerprint density at radius 2 is 1.84 bits per heavy atom. The molecule has 0 saturated carbocycles. The summed E-state index contributed by atoms with van der Waals surface area (Å²) in [4.78, 5) is 11.6. The minimum absolute atomic E-state index is 0.292. The molecular formula is C14H21NO4. The summed E-state index contributed by atoms with van der Waals surface area (Å²) < 4.78 is 15.2. The molecule has 0 aliphatic rings. The van der Waals surface area contributed by atoms with Gasteiger partial charge in [0.05, 0.1) is 18.7 Å². The molecule has 0 heterocycles. The molecule has 1 rings (SSSR count). The van der Waals surface area contributed by atoms with Crippen LogP contribution < -0.4 is 5.32 Å². The molecule has 0 aliphatic carbocycles. The van der Waals surface area contributed by atoms with Crippen molar-refractivity contribution in [1.82, 2.24) is 0 Å². The van der Waals surface area contributed by atoms with Crippen LogP contribution in [0.4, 0.5) is 5.69 Å². The summed E-state index contributed by atoms with van der Waals surface area (Å²) >= 11 is 0. The van der Waals surface area contributed by atoms with Gasteiger partial charge in [-0.1, -0.05) is 6.92 Å². The van der Waals surface area contributed by atoms with Crippen molar-refractivity contribution in [2.45, 2.75) is 19.6 Å². The van der Waals surface area contributed by atoms with E-state index in [1.165, 1.54) is 0 Å². The number of hydrogen-bond donors (Lipinski definition) is 1. The van der Waals surface area contributed by atoms with Crippen LogP contribution in [0.25, 0.3) is 0 Å². The van der Waals surface area contributed by atoms with Crippen LogP contribution in [0.2, 0.25) is 0 Å².